The summed E-state index contributed by atoms with van der Waals surface area (Å²) in [5.74, 6) is 0.854. The Bertz CT molecular complexity index is 894. The average Bonchev–Trinajstić information content (AvgIpc) is 3.05. The van der Waals surface area contributed by atoms with Gasteiger partial charge in [-0.3, -0.25) is 4.57 Å². The molecule has 0 aliphatic heterocycles. The van der Waals surface area contributed by atoms with Gasteiger partial charge in [-0.25, -0.2) is 0 Å². The van der Waals surface area contributed by atoms with Gasteiger partial charge in [-0.1, -0.05) is 54.6 Å². The number of hydrogen-bond donors (Lipinski definition) is 0. The van der Waals surface area contributed by atoms with Gasteiger partial charge in [-0.2, -0.15) is 0 Å². The molecule has 3 aromatic carbocycles. The van der Waals surface area contributed by atoms with Gasteiger partial charge in [0.1, 0.15) is 6.33 Å². The Kier molecular flexibility index (Phi) is 2.75. The Morgan fingerprint density at radius 3 is 2.33 bits per heavy atom. The summed E-state index contributed by atoms with van der Waals surface area (Å²) in [7, 11) is 0. The summed E-state index contributed by atoms with van der Waals surface area (Å²) >= 11 is 0. The number of rotatable bonds is 2. The first-order valence-electron chi connectivity index (χ1n) is 6.86. The van der Waals surface area contributed by atoms with E-state index in [0.717, 1.165) is 17.1 Å². The fourth-order valence-corrected chi connectivity index (χ4v) is 2.54. The third-order valence-electron chi connectivity index (χ3n) is 3.59. The monoisotopic (exact) mass is 271 g/mol. The molecule has 0 aliphatic rings. The molecular formula is C18H13N3. The number of fused-ring (bicyclic) bond motifs is 1. The maximum atomic E-state index is 4.28. The highest BCUT2D eigenvalue weighted by Crippen LogP contribution is 2.24. The van der Waals surface area contributed by atoms with Crippen molar-refractivity contribution in [1.29, 1.82) is 0 Å². The van der Waals surface area contributed by atoms with Crippen molar-refractivity contribution in [3.05, 3.63) is 79.1 Å². The molecular weight excluding hydrogens is 258 g/mol. The molecule has 0 saturated heterocycles. The lowest BCUT2D eigenvalue weighted by molar-refractivity contribution is 1.06. The topological polar surface area (TPSA) is 30.7 Å². The molecule has 0 atom stereocenters. The minimum atomic E-state index is 0.854. The van der Waals surface area contributed by atoms with Crippen molar-refractivity contribution < 1.29 is 0 Å². The molecule has 4 aromatic rings. The van der Waals surface area contributed by atoms with E-state index in [0.29, 0.717) is 0 Å². The van der Waals surface area contributed by atoms with E-state index in [1.165, 1.54) is 10.8 Å². The third kappa shape index (κ3) is 2.09. The predicted octanol–water partition coefficient (Wildman–Crippen LogP) is 4.09. The van der Waals surface area contributed by atoms with E-state index in [-0.39, 0.29) is 0 Å². The summed E-state index contributed by atoms with van der Waals surface area (Å²) in [6, 6.07) is 24.8. The lowest BCUT2D eigenvalue weighted by Crippen LogP contribution is -1.95. The molecule has 0 N–H and O–H groups in total. The maximum Gasteiger partial charge on any atom is 0.168 e. The molecule has 0 unspecified atom stereocenters. The minimum Gasteiger partial charge on any atom is -0.282 e. The Labute approximate surface area is 122 Å². The standard InChI is InChI=1S/C18H13N3/c1-2-8-17(9-3-1)21-13-19-20-18(21)16-11-10-14-6-4-5-7-15(14)12-16/h1-13H. The fraction of sp³-hybridized carbons (Fsp3) is 0. The van der Waals surface area contributed by atoms with Crippen LogP contribution in [-0.4, -0.2) is 14.8 Å². The van der Waals surface area contributed by atoms with E-state index in [1.807, 2.05) is 41.0 Å². The zero-order valence-corrected chi connectivity index (χ0v) is 11.3. The van der Waals surface area contributed by atoms with Crippen molar-refractivity contribution >= 4 is 10.8 Å². The Morgan fingerprint density at radius 2 is 1.48 bits per heavy atom. The van der Waals surface area contributed by atoms with Crippen molar-refractivity contribution in [2.75, 3.05) is 0 Å². The van der Waals surface area contributed by atoms with Crippen molar-refractivity contribution in [3.8, 4) is 17.1 Å². The van der Waals surface area contributed by atoms with Crippen LogP contribution in [0.4, 0.5) is 0 Å². The van der Waals surface area contributed by atoms with E-state index in [4.69, 9.17) is 0 Å². The molecule has 0 aliphatic carbocycles. The van der Waals surface area contributed by atoms with Gasteiger partial charge in [0.05, 0.1) is 0 Å². The summed E-state index contributed by atoms with van der Waals surface area (Å²) < 4.78 is 2.00. The van der Waals surface area contributed by atoms with Crippen molar-refractivity contribution in [2.24, 2.45) is 0 Å². The summed E-state index contributed by atoms with van der Waals surface area (Å²) in [5.41, 5.74) is 2.13. The van der Waals surface area contributed by atoms with Crippen molar-refractivity contribution in [1.82, 2.24) is 14.8 Å². The predicted molar refractivity (Wildman–Crippen MR) is 84.3 cm³/mol. The van der Waals surface area contributed by atoms with E-state index in [1.54, 1.807) is 6.33 Å². The SMILES string of the molecule is c1ccc(-n2cnnc2-c2ccc3ccccc3c2)cc1. The molecule has 0 bridgehead atoms. The Balaban J connectivity index is 1.88. The Morgan fingerprint density at radius 1 is 0.714 bits per heavy atom. The molecule has 0 amide bonds. The number of aromatic nitrogens is 3. The first kappa shape index (κ1) is 11.9. The van der Waals surface area contributed by atoms with Gasteiger partial charge in [-0.05, 0) is 29.0 Å². The molecule has 3 heteroatoms. The van der Waals surface area contributed by atoms with Gasteiger partial charge in [0.25, 0.3) is 0 Å². The molecule has 0 spiro atoms. The maximum absolute atomic E-state index is 4.28. The zero-order valence-electron chi connectivity index (χ0n) is 11.3. The van der Waals surface area contributed by atoms with E-state index >= 15 is 0 Å². The van der Waals surface area contributed by atoms with Gasteiger partial charge in [-0.15, -0.1) is 10.2 Å². The van der Waals surface area contributed by atoms with Gasteiger partial charge in [0.2, 0.25) is 0 Å². The normalized spacial score (nSPS) is 10.9. The minimum absolute atomic E-state index is 0.854. The van der Waals surface area contributed by atoms with Crippen LogP contribution in [0.5, 0.6) is 0 Å². The van der Waals surface area contributed by atoms with Gasteiger partial charge < -0.3 is 0 Å². The highest BCUT2D eigenvalue weighted by atomic mass is 15.3. The van der Waals surface area contributed by atoms with Gasteiger partial charge >= 0.3 is 0 Å². The first-order chi connectivity index (χ1) is 10.4. The van der Waals surface area contributed by atoms with E-state index in [9.17, 15) is 0 Å². The lowest BCUT2D eigenvalue weighted by atomic mass is 10.1. The largest absolute Gasteiger partial charge is 0.282 e. The van der Waals surface area contributed by atoms with E-state index in [2.05, 4.69) is 46.6 Å². The molecule has 1 heterocycles. The summed E-state index contributed by atoms with van der Waals surface area (Å²) in [6.45, 7) is 0. The van der Waals surface area contributed by atoms with Crippen LogP contribution in [-0.2, 0) is 0 Å². The van der Waals surface area contributed by atoms with Crippen LogP contribution in [0.1, 0.15) is 0 Å². The van der Waals surface area contributed by atoms with Crippen LogP contribution >= 0.6 is 0 Å². The fourth-order valence-electron chi connectivity index (χ4n) is 2.54. The van der Waals surface area contributed by atoms with Crippen LogP contribution in [0.2, 0.25) is 0 Å². The number of hydrogen-bond acceptors (Lipinski definition) is 2. The molecule has 4 rings (SSSR count). The second-order valence-corrected chi connectivity index (χ2v) is 4.92. The third-order valence-corrected chi connectivity index (χ3v) is 3.59. The van der Waals surface area contributed by atoms with Crippen LogP contribution in [0.15, 0.2) is 79.1 Å². The number of benzene rings is 3. The van der Waals surface area contributed by atoms with Crippen LogP contribution < -0.4 is 0 Å². The van der Waals surface area contributed by atoms with Crippen molar-refractivity contribution in [2.45, 2.75) is 0 Å². The average molecular weight is 271 g/mol. The number of para-hydroxylation sites is 1. The molecule has 3 nitrogen and oxygen atoms in total. The van der Waals surface area contributed by atoms with Gasteiger partial charge in [0, 0.05) is 11.3 Å². The lowest BCUT2D eigenvalue weighted by Gasteiger charge is -2.07. The summed E-state index contributed by atoms with van der Waals surface area (Å²) in [4.78, 5) is 0. The molecule has 100 valence electrons. The summed E-state index contributed by atoms with van der Waals surface area (Å²) in [5, 5.41) is 10.8. The molecule has 21 heavy (non-hydrogen) atoms. The van der Waals surface area contributed by atoms with Gasteiger partial charge in [0.15, 0.2) is 5.82 Å². The Hall–Kier alpha value is -2.94. The van der Waals surface area contributed by atoms with Crippen molar-refractivity contribution in [3.63, 3.8) is 0 Å². The number of nitrogens with zero attached hydrogens (tertiary/aromatic N) is 3. The zero-order chi connectivity index (χ0) is 14.1. The molecule has 0 saturated carbocycles. The quantitative estimate of drug-likeness (QED) is 0.550. The van der Waals surface area contributed by atoms with Crippen LogP contribution in [0.3, 0.4) is 0 Å². The highest BCUT2D eigenvalue weighted by molar-refractivity contribution is 5.86. The van der Waals surface area contributed by atoms with E-state index < -0.39 is 0 Å². The van der Waals surface area contributed by atoms with Crippen LogP contribution in [0, 0.1) is 0 Å². The van der Waals surface area contributed by atoms with Crippen LogP contribution in [0.25, 0.3) is 27.8 Å². The smallest absolute Gasteiger partial charge is 0.168 e. The molecule has 1 aromatic heterocycles. The second kappa shape index (κ2) is 4.87. The molecule has 0 radical (unpaired) electrons. The highest BCUT2D eigenvalue weighted by Gasteiger charge is 2.09. The second-order valence-electron chi connectivity index (χ2n) is 4.92. The summed E-state index contributed by atoms with van der Waals surface area (Å²) in [6.07, 6.45) is 1.75. The molecule has 0 fully saturated rings. The first-order valence-corrected chi connectivity index (χ1v) is 6.86.